The quantitative estimate of drug-likeness (QED) is 0.526. The van der Waals surface area contributed by atoms with E-state index in [1.807, 2.05) is 31.3 Å². The Kier molecular flexibility index (Phi) is 5.53. The third kappa shape index (κ3) is 4.10. The molecule has 0 fully saturated rings. The fourth-order valence-corrected chi connectivity index (χ4v) is 3.61. The van der Waals surface area contributed by atoms with Crippen LogP contribution in [0.2, 0.25) is 0 Å². The lowest BCUT2D eigenvalue weighted by atomic mass is 10.3. The van der Waals surface area contributed by atoms with E-state index in [0.717, 1.165) is 21.0 Å². The normalized spacial score (nSPS) is 10.6. The van der Waals surface area contributed by atoms with Gasteiger partial charge in [0.2, 0.25) is 5.91 Å². The Hall–Kier alpha value is -2.57. The number of aromatic nitrogens is 4. The van der Waals surface area contributed by atoms with Crippen LogP contribution in [0.3, 0.4) is 0 Å². The van der Waals surface area contributed by atoms with Gasteiger partial charge >= 0.3 is 0 Å². The van der Waals surface area contributed by atoms with E-state index in [0.29, 0.717) is 11.4 Å². The minimum absolute atomic E-state index is 0.134. The molecule has 0 aliphatic heterocycles. The van der Waals surface area contributed by atoms with Gasteiger partial charge in [-0.3, -0.25) is 9.48 Å². The molecule has 0 spiro atoms. The average molecular weight is 370 g/mol. The monoisotopic (exact) mass is 370 g/mol. The van der Waals surface area contributed by atoms with Crippen molar-refractivity contribution in [2.45, 2.75) is 9.92 Å². The smallest absolute Gasteiger partial charge is 0.234 e. The van der Waals surface area contributed by atoms with E-state index in [4.69, 9.17) is 5.26 Å². The first kappa shape index (κ1) is 17.3. The number of nitriles is 1. The lowest BCUT2D eigenvalue weighted by Crippen LogP contribution is -2.14. The van der Waals surface area contributed by atoms with Crippen LogP contribution in [0.15, 0.2) is 46.7 Å². The van der Waals surface area contributed by atoms with Crippen LogP contribution in [-0.4, -0.2) is 37.2 Å². The lowest BCUT2D eigenvalue weighted by molar-refractivity contribution is -0.113. The number of carbonyl (C=O) groups is 1. The largest absolute Gasteiger partial charge is 0.324 e. The van der Waals surface area contributed by atoms with E-state index in [1.165, 1.54) is 29.9 Å². The number of aryl methyl sites for hydroxylation is 1. The molecule has 0 aliphatic rings. The van der Waals surface area contributed by atoms with Crippen LogP contribution in [-0.2, 0) is 11.8 Å². The number of fused-ring (bicyclic) bond motifs is 1. The lowest BCUT2D eigenvalue weighted by Gasteiger charge is -2.09. The van der Waals surface area contributed by atoms with Gasteiger partial charge in [-0.15, -0.1) is 11.8 Å². The van der Waals surface area contributed by atoms with E-state index in [-0.39, 0.29) is 11.7 Å². The molecule has 0 bridgehead atoms. The molecule has 3 rings (SSSR count). The van der Waals surface area contributed by atoms with Gasteiger partial charge in [0, 0.05) is 11.9 Å². The molecule has 1 amide bonds. The number of hydrogen-bond donors (Lipinski definition) is 1. The number of carbonyl (C=O) groups excluding carboxylic acids is 1. The Balaban J connectivity index is 1.66. The van der Waals surface area contributed by atoms with E-state index < -0.39 is 0 Å². The molecular weight excluding hydrogens is 356 g/mol. The second kappa shape index (κ2) is 8.00. The van der Waals surface area contributed by atoms with Gasteiger partial charge in [0.15, 0.2) is 5.65 Å². The zero-order valence-electron chi connectivity index (χ0n) is 13.3. The van der Waals surface area contributed by atoms with E-state index >= 15 is 0 Å². The van der Waals surface area contributed by atoms with Crippen LogP contribution in [0.1, 0.15) is 0 Å². The van der Waals surface area contributed by atoms with Crippen LogP contribution in [0.5, 0.6) is 0 Å². The minimum Gasteiger partial charge on any atom is -0.324 e. The number of benzene rings is 1. The first-order valence-corrected chi connectivity index (χ1v) is 9.30. The van der Waals surface area contributed by atoms with Crippen molar-refractivity contribution in [1.29, 1.82) is 5.26 Å². The summed E-state index contributed by atoms with van der Waals surface area (Å²) >= 11 is 2.73. The Morgan fingerprint density at radius 1 is 1.32 bits per heavy atom. The second-order valence-electron chi connectivity index (χ2n) is 4.96. The summed E-state index contributed by atoms with van der Waals surface area (Å²) in [7, 11) is 1.81. The van der Waals surface area contributed by atoms with E-state index in [2.05, 4.69) is 26.5 Å². The SMILES string of the molecule is Cn1ncc2c(SCC(=O)Nc3ccccc3SCC#N)ncnc21. The maximum atomic E-state index is 12.3. The number of nitrogens with zero attached hydrogens (tertiary/aromatic N) is 5. The van der Waals surface area contributed by atoms with Crippen molar-refractivity contribution in [3.05, 3.63) is 36.8 Å². The maximum Gasteiger partial charge on any atom is 0.234 e. The van der Waals surface area contributed by atoms with Gasteiger partial charge in [-0.2, -0.15) is 10.4 Å². The Labute approximate surface area is 152 Å². The van der Waals surface area contributed by atoms with Gasteiger partial charge in [-0.25, -0.2) is 9.97 Å². The molecule has 2 heterocycles. The van der Waals surface area contributed by atoms with Crippen molar-refractivity contribution in [2.75, 3.05) is 16.8 Å². The number of hydrogen-bond acceptors (Lipinski definition) is 7. The number of nitrogens with one attached hydrogen (secondary N) is 1. The topological polar surface area (TPSA) is 96.5 Å². The highest BCUT2D eigenvalue weighted by atomic mass is 32.2. The Bertz CT molecular complexity index is 949. The van der Waals surface area contributed by atoms with Gasteiger partial charge in [0.1, 0.15) is 11.4 Å². The van der Waals surface area contributed by atoms with Gasteiger partial charge in [0.25, 0.3) is 0 Å². The molecular formula is C16H14N6OS2. The van der Waals surface area contributed by atoms with Gasteiger partial charge < -0.3 is 5.32 Å². The van der Waals surface area contributed by atoms with Crippen LogP contribution >= 0.6 is 23.5 Å². The zero-order chi connectivity index (χ0) is 17.6. The van der Waals surface area contributed by atoms with Gasteiger partial charge in [-0.05, 0) is 12.1 Å². The summed E-state index contributed by atoms with van der Waals surface area (Å²) in [5, 5.41) is 17.3. The van der Waals surface area contributed by atoms with Crippen LogP contribution < -0.4 is 5.32 Å². The molecule has 25 heavy (non-hydrogen) atoms. The summed E-state index contributed by atoms with van der Waals surface area (Å²) in [5.41, 5.74) is 1.44. The van der Waals surface area contributed by atoms with Crippen molar-refractivity contribution in [1.82, 2.24) is 19.7 Å². The first-order valence-electron chi connectivity index (χ1n) is 7.33. The summed E-state index contributed by atoms with van der Waals surface area (Å²) < 4.78 is 1.67. The van der Waals surface area contributed by atoms with Crippen LogP contribution in [0.25, 0.3) is 11.0 Å². The molecule has 3 aromatic rings. The number of thioether (sulfide) groups is 2. The summed E-state index contributed by atoms with van der Waals surface area (Å²) in [6, 6.07) is 9.52. The predicted octanol–water partition coefficient (Wildman–Crippen LogP) is 2.71. The standard InChI is InChI=1S/C16H14N6OS2/c1-22-15-11(8-20-22)16(19-10-18-15)25-9-14(23)21-12-4-2-3-5-13(12)24-7-6-17/h2-5,8,10H,7,9H2,1H3,(H,21,23). The van der Waals surface area contributed by atoms with Crippen LogP contribution in [0, 0.1) is 11.3 Å². The molecule has 0 unspecified atom stereocenters. The molecule has 9 heteroatoms. The van der Waals surface area contributed by atoms with E-state index in [9.17, 15) is 4.79 Å². The number of para-hydroxylation sites is 1. The highest BCUT2D eigenvalue weighted by Crippen LogP contribution is 2.28. The van der Waals surface area contributed by atoms with Crippen molar-refractivity contribution in [2.24, 2.45) is 7.05 Å². The molecule has 0 saturated heterocycles. The molecule has 7 nitrogen and oxygen atoms in total. The zero-order valence-corrected chi connectivity index (χ0v) is 15.0. The fourth-order valence-electron chi connectivity index (χ4n) is 2.18. The number of anilines is 1. The van der Waals surface area contributed by atoms with Crippen LogP contribution in [0.4, 0.5) is 5.69 Å². The highest BCUT2D eigenvalue weighted by Gasteiger charge is 2.12. The molecule has 1 N–H and O–H groups in total. The summed E-state index contributed by atoms with van der Waals surface area (Å²) in [6.45, 7) is 0. The molecule has 1 aromatic carbocycles. The van der Waals surface area contributed by atoms with Gasteiger partial charge in [0.05, 0.1) is 34.8 Å². The molecule has 2 aromatic heterocycles. The highest BCUT2D eigenvalue weighted by molar-refractivity contribution is 8.00. The van der Waals surface area contributed by atoms with Crippen molar-refractivity contribution >= 4 is 46.2 Å². The Morgan fingerprint density at radius 2 is 2.16 bits per heavy atom. The fraction of sp³-hybridized carbons (Fsp3) is 0.188. The Morgan fingerprint density at radius 3 is 3.00 bits per heavy atom. The molecule has 0 radical (unpaired) electrons. The van der Waals surface area contributed by atoms with Crippen molar-refractivity contribution in [3.63, 3.8) is 0 Å². The first-order chi connectivity index (χ1) is 12.2. The molecule has 0 saturated carbocycles. The maximum absolute atomic E-state index is 12.3. The van der Waals surface area contributed by atoms with Gasteiger partial charge in [-0.1, -0.05) is 23.9 Å². The minimum atomic E-state index is -0.134. The summed E-state index contributed by atoms with van der Waals surface area (Å²) in [5.74, 6) is 0.422. The summed E-state index contributed by atoms with van der Waals surface area (Å²) in [6.07, 6.45) is 3.17. The van der Waals surface area contributed by atoms with Crippen molar-refractivity contribution in [3.8, 4) is 6.07 Å². The predicted molar refractivity (Wildman–Crippen MR) is 98.4 cm³/mol. The average Bonchev–Trinajstić information content (AvgIpc) is 3.01. The third-order valence-electron chi connectivity index (χ3n) is 3.29. The number of amides is 1. The third-order valence-corrected chi connectivity index (χ3v) is 5.23. The summed E-state index contributed by atoms with van der Waals surface area (Å²) in [4.78, 5) is 21.6. The van der Waals surface area contributed by atoms with E-state index in [1.54, 1.807) is 10.9 Å². The van der Waals surface area contributed by atoms with Crippen molar-refractivity contribution < 1.29 is 4.79 Å². The number of rotatable bonds is 6. The molecule has 0 aliphatic carbocycles. The second-order valence-corrected chi connectivity index (χ2v) is 6.95. The molecule has 126 valence electrons. The molecule has 0 atom stereocenters.